The number of hydrogen-bond acceptors (Lipinski definition) is 5. The van der Waals surface area contributed by atoms with Crippen molar-refractivity contribution in [3.63, 3.8) is 0 Å². The van der Waals surface area contributed by atoms with Crippen molar-refractivity contribution < 1.29 is 4.74 Å². The summed E-state index contributed by atoms with van der Waals surface area (Å²) in [5.74, 6) is 1.91. The summed E-state index contributed by atoms with van der Waals surface area (Å²) in [6.07, 6.45) is 5.57. The Labute approximate surface area is 178 Å². The van der Waals surface area contributed by atoms with Crippen molar-refractivity contribution in [2.45, 2.75) is 38.0 Å². The maximum atomic E-state index is 6.22. The van der Waals surface area contributed by atoms with Gasteiger partial charge in [0.15, 0.2) is 0 Å². The lowest BCUT2D eigenvalue weighted by Gasteiger charge is -2.24. The van der Waals surface area contributed by atoms with Crippen LogP contribution in [0.1, 0.15) is 24.8 Å². The van der Waals surface area contributed by atoms with E-state index in [1.807, 2.05) is 6.20 Å². The molecule has 2 aromatic carbocycles. The molecular weight excluding hydrogens is 372 g/mol. The SMILES string of the molecule is c1ccc(CN2CC[C@H](Nc3cc4cc(OC5CCNCC5)ccc4cn3)C2)cc1. The van der Waals surface area contributed by atoms with E-state index in [1.54, 1.807) is 0 Å². The van der Waals surface area contributed by atoms with E-state index in [9.17, 15) is 0 Å². The second-order valence-electron chi connectivity index (χ2n) is 8.50. The highest BCUT2D eigenvalue weighted by Crippen LogP contribution is 2.25. The molecule has 0 unspecified atom stereocenters. The van der Waals surface area contributed by atoms with Gasteiger partial charge in [-0.15, -0.1) is 0 Å². The standard InChI is InChI=1S/C25H30N4O/c1-2-4-19(5-3-1)17-29-13-10-22(18-29)28-25-15-21-14-24(7-6-20(21)16-27-25)30-23-8-11-26-12-9-23/h1-7,14-16,22-23,26H,8-13,17-18H2,(H,27,28)/t22-/m0/s1. The van der Waals surface area contributed by atoms with Gasteiger partial charge in [-0.3, -0.25) is 4.90 Å². The lowest BCUT2D eigenvalue weighted by Crippen LogP contribution is -2.34. The highest BCUT2D eigenvalue weighted by molar-refractivity contribution is 5.85. The van der Waals surface area contributed by atoms with Crippen molar-refractivity contribution in [2.24, 2.45) is 0 Å². The van der Waals surface area contributed by atoms with Crippen LogP contribution in [-0.4, -0.2) is 48.2 Å². The zero-order valence-electron chi connectivity index (χ0n) is 17.4. The molecule has 0 aliphatic carbocycles. The molecule has 0 bridgehead atoms. The average Bonchev–Trinajstić information content (AvgIpc) is 3.21. The van der Waals surface area contributed by atoms with Gasteiger partial charge in [0.2, 0.25) is 0 Å². The summed E-state index contributed by atoms with van der Waals surface area (Å²) in [4.78, 5) is 7.16. The number of nitrogens with one attached hydrogen (secondary N) is 2. The third-order valence-corrected chi connectivity index (χ3v) is 6.16. The van der Waals surface area contributed by atoms with Crippen LogP contribution in [-0.2, 0) is 6.54 Å². The number of pyridine rings is 1. The molecule has 5 heteroatoms. The van der Waals surface area contributed by atoms with Gasteiger partial charge < -0.3 is 15.4 Å². The Morgan fingerprint density at radius 3 is 2.73 bits per heavy atom. The molecule has 3 heterocycles. The van der Waals surface area contributed by atoms with Crippen LogP contribution < -0.4 is 15.4 Å². The Hall–Kier alpha value is -2.63. The minimum Gasteiger partial charge on any atom is -0.490 e. The van der Waals surface area contributed by atoms with Crippen LogP contribution in [0.3, 0.4) is 0 Å². The van der Waals surface area contributed by atoms with Gasteiger partial charge >= 0.3 is 0 Å². The van der Waals surface area contributed by atoms with Gasteiger partial charge in [-0.2, -0.15) is 0 Å². The number of anilines is 1. The topological polar surface area (TPSA) is 49.4 Å². The highest BCUT2D eigenvalue weighted by Gasteiger charge is 2.22. The number of likely N-dealkylation sites (tertiary alicyclic amines) is 1. The summed E-state index contributed by atoms with van der Waals surface area (Å²) in [6.45, 7) is 5.27. The number of hydrogen-bond donors (Lipinski definition) is 2. The highest BCUT2D eigenvalue weighted by atomic mass is 16.5. The van der Waals surface area contributed by atoms with Gasteiger partial charge in [-0.05, 0) is 67.6 Å². The number of nitrogens with zero attached hydrogens (tertiary/aromatic N) is 2. The molecule has 2 saturated heterocycles. The normalized spacial score (nSPS) is 20.5. The van der Waals surface area contributed by atoms with Crippen molar-refractivity contribution in [1.82, 2.24) is 15.2 Å². The molecular formula is C25H30N4O. The van der Waals surface area contributed by atoms with Crippen molar-refractivity contribution in [1.29, 1.82) is 0 Å². The molecule has 1 atom stereocenters. The Kier molecular flexibility index (Phi) is 5.82. The van der Waals surface area contributed by atoms with E-state index in [4.69, 9.17) is 4.74 Å². The fourth-order valence-corrected chi connectivity index (χ4v) is 4.52. The summed E-state index contributed by atoms with van der Waals surface area (Å²) in [5, 5.41) is 9.36. The molecule has 0 radical (unpaired) electrons. The summed E-state index contributed by atoms with van der Waals surface area (Å²) < 4.78 is 6.22. The maximum Gasteiger partial charge on any atom is 0.126 e. The lowest BCUT2D eigenvalue weighted by atomic mass is 10.1. The van der Waals surface area contributed by atoms with Crippen molar-refractivity contribution in [3.8, 4) is 5.75 Å². The van der Waals surface area contributed by atoms with Crippen LogP contribution in [0.25, 0.3) is 10.8 Å². The monoisotopic (exact) mass is 402 g/mol. The van der Waals surface area contributed by atoms with Gasteiger partial charge in [0.1, 0.15) is 17.7 Å². The summed E-state index contributed by atoms with van der Waals surface area (Å²) >= 11 is 0. The van der Waals surface area contributed by atoms with E-state index >= 15 is 0 Å². The van der Waals surface area contributed by atoms with E-state index in [1.165, 1.54) is 10.9 Å². The van der Waals surface area contributed by atoms with Gasteiger partial charge in [0, 0.05) is 37.3 Å². The molecule has 1 aromatic heterocycles. The van der Waals surface area contributed by atoms with Gasteiger partial charge in [0.25, 0.3) is 0 Å². The van der Waals surface area contributed by atoms with Crippen LogP contribution in [0, 0.1) is 0 Å². The average molecular weight is 403 g/mol. The van der Waals surface area contributed by atoms with Gasteiger partial charge in [0.05, 0.1) is 0 Å². The van der Waals surface area contributed by atoms with Crippen molar-refractivity contribution >= 4 is 16.6 Å². The first kappa shape index (κ1) is 19.3. The number of rotatable bonds is 6. The van der Waals surface area contributed by atoms with Crippen molar-refractivity contribution in [2.75, 3.05) is 31.5 Å². The second kappa shape index (κ2) is 9.02. The number of piperidine rings is 1. The van der Waals surface area contributed by atoms with Crippen LogP contribution in [0.2, 0.25) is 0 Å². The number of benzene rings is 2. The van der Waals surface area contributed by atoms with Crippen LogP contribution in [0.5, 0.6) is 5.75 Å². The third-order valence-electron chi connectivity index (χ3n) is 6.16. The quantitative estimate of drug-likeness (QED) is 0.651. The molecule has 5 nitrogen and oxygen atoms in total. The van der Waals surface area contributed by atoms with E-state index in [-0.39, 0.29) is 0 Å². The molecule has 156 valence electrons. The number of aromatic nitrogens is 1. The molecule has 2 fully saturated rings. The van der Waals surface area contributed by atoms with E-state index < -0.39 is 0 Å². The molecule has 2 N–H and O–H groups in total. The summed E-state index contributed by atoms with van der Waals surface area (Å²) in [5.41, 5.74) is 1.38. The molecule has 0 spiro atoms. The first-order valence-corrected chi connectivity index (χ1v) is 11.1. The van der Waals surface area contributed by atoms with Crippen LogP contribution in [0.15, 0.2) is 60.8 Å². The Bertz CT molecular complexity index is 971. The summed E-state index contributed by atoms with van der Waals surface area (Å²) in [6, 6.07) is 19.6. The largest absolute Gasteiger partial charge is 0.490 e. The minimum absolute atomic E-state index is 0.317. The third kappa shape index (κ3) is 4.74. The van der Waals surface area contributed by atoms with Gasteiger partial charge in [-0.1, -0.05) is 30.3 Å². The van der Waals surface area contributed by atoms with Crippen LogP contribution in [0.4, 0.5) is 5.82 Å². The lowest BCUT2D eigenvalue weighted by molar-refractivity contribution is 0.162. The molecule has 2 aliphatic rings. The predicted octanol–water partition coefficient (Wildman–Crippen LogP) is 4.05. The molecule has 3 aromatic rings. The van der Waals surface area contributed by atoms with E-state index in [0.717, 1.165) is 68.9 Å². The first-order valence-electron chi connectivity index (χ1n) is 11.1. The van der Waals surface area contributed by atoms with Gasteiger partial charge in [-0.25, -0.2) is 4.98 Å². The molecule has 5 rings (SSSR count). The fourth-order valence-electron chi connectivity index (χ4n) is 4.52. The van der Waals surface area contributed by atoms with E-state index in [0.29, 0.717) is 12.1 Å². The van der Waals surface area contributed by atoms with E-state index in [2.05, 4.69) is 75.1 Å². The number of ether oxygens (including phenoxy) is 1. The Morgan fingerprint density at radius 2 is 1.87 bits per heavy atom. The van der Waals surface area contributed by atoms with Crippen molar-refractivity contribution in [3.05, 3.63) is 66.4 Å². The zero-order chi connectivity index (χ0) is 20.2. The predicted molar refractivity (Wildman–Crippen MR) is 122 cm³/mol. The second-order valence-corrected chi connectivity index (χ2v) is 8.50. The Balaban J connectivity index is 1.22. The minimum atomic E-state index is 0.317. The molecule has 0 amide bonds. The molecule has 2 aliphatic heterocycles. The summed E-state index contributed by atoms with van der Waals surface area (Å²) in [7, 11) is 0. The smallest absolute Gasteiger partial charge is 0.126 e. The first-order chi connectivity index (χ1) is 14.8. The Morgan fingerprint density at radius 1 is 1.00 bits per heavy atom. The van der Waals surface area contributed by atoms with Crippen LogP contribution >= 0.6 is 0 Å². The zero-order valence-corrected chi connectivity index (χ0v) is 17.4. The molecule has 30 heavy (non-hydrogen) atoms. The maximum absolute atomic E-state index is 6.22. The fraction of sp³-hybridized carbons (Fsp3) is 0.400. The molecule has 0 saturated carbocycles. The number of fused-ring (bicyclic) bond motifs is 1.